The van der Waals surface area contributed by atoms with Crippen LogP contribution >= 0.6 is 0 Å². The normalized spacial score (nSPS) is 13.5. The van der Waals surface area contributed by atoms with Crippen molar-refractivity contribution >= 4 is 23.6 Å². The minimum absolute atomic E-state index is 0.0746. The first-order chi connectivity index (χ1) is 5.68. The van der Waals surface area contributed by atoms with Gasteiger partial charge in [0, 0.05) is 11.8 Å². The minimum atomic E-state index is -0.292. The number of nitrogens with one attached hydrogen (secondary N) is 1. The molecule has 3 N–H and O–H groups in total. The van der Waals surface area contributed by atoms with Crippen molar-refractivity contribution < 1.29 is 0 Å². The molecule has 0 spiro atoms. The minimum Gasteiger partial charge on any atom is -0.369 e. The van der Waals surface area contributed by atoms with E-state index in [1.54, 1.807) is 0 Å². The number of aromatic nitrogens is 2. The maximum atomic E-state index is 11.2. The Hall–Kier alpha value is -1.91. The molecule has 12 heavy (non-hydrogen) atoms. The molecule has 0 fully saturated rings. The highest BCUT2D eigenvalue weighted by Crippen LogP contribution is 2.24. The van der Waals surface area contributed by atoms with Gasteiger partial charge in [-0.15, -0.1) is 0 Å². The van der Waals surface area contributed by atoms with E-state index in [1.165, 1.54) is 6.21 Å². The van der Waals surface area contributed by atoms with Crippen molar-refractivity contribution in [2.24, 2.45) is 4.99 Å². The van der Waals surface area contributed by atoms with Crippen molar-refractivity contribution in [3.8, 4) is 0 Å². The summed E-state index contributed by atoms with van der Waals surface area (Å²) in [5.41, 5.74) is 5.99. The fraction of sp³-hybridized carbons (Fsp3) is 0. The Morgan fingerprint density at radius 3 is 3.08 bits per heavy atom. The van der Waals surface area contributed by atoms with Crippen LogP contribution in [0.25, 0.3) is 5.57 Å². The molecule has 0 unspecified atom stereocenters. The Morgan fingerprint density at radius 2 is 2.33 bits per heavy atom. The molecular formula is C7H6N4O. The topological polar surface area (TPSA) is 84.1 Å². The van der Waals surface area contributed by atoms with Gasteiger partial charge in [-0.05, 0) is 0 Å². The predicted octanol–water partition coefficient (Wildman–Crippen LogP) is 0.0812. The van der Waals surface area contributed by atoms with Gasteiger partial charge in [0.2, 0.25) is 5.95 Å². The summed E-state index contributed by atoms with van der Waals surface area (Å²) in [6.45, 7) is 3.64. The molecule has 0 amide bonds. The molecule has 5 heteroatoms. The lowest BCUT2D eigenvalue weighted by Gasteiger charge is -1.96. The number of H-pyrrole nitrogens is 1. The number of nitrogen functional groups attached to an aromatic ring is 1. The maximum Gasteiger partial charge on any atom is 0.262 e. The summed E-state index contributed by atoms with van der Waals surface area (Å²) in [6.07, 6.45) is 1.49. The Balaban J connectivity index is 2.83. The lowest BCUT2D eigenvalue weighted by molar-refractivity contribution is 1.12. The third-order valence-corrected chi connectivity index (χ3v) is 1.58. The Labute approximate surface area is 67.7 Å². The van der Waals surface area contributed by atoms with E-state index in [1.807, 2.05) is 0 Å². The van der Waals surface area contributed by atoms with Crippen molar-refractivity contribution in [3.63, 3.8) is 0 Å². The lowest BCUT2D eigenvalue weighted by atomic mass is 10.2. The van der Waals surface area contributed by atoms with Gasteiger partial charge in [0.05, 0.1) is 5.56 Å². The van der Waals surface area contributed by atoms with Crippen molar-refractivity contribution in [1.82, 2.24) is 9.97 Å². The van der Waals surface area contributed by atoms with Crippen LogP contribution in [0.5, 0.6) is 0 Å². The van der Waals surface area contributed by atoms with Crippen LogP contribution in [0.3, 0.4) is 0 Å². The number of rotatable bonds is 0. The van der Waals surface area contributed by atoms with Crippen LogP contribution in [0.2, 0.25) is 0 Å². The zero-order valence-electron chi connectivity index (χ0n) is 6.16. The molecule has 0 saturated carbocycles. The molecule has 0 aliphatic carbocycles. The molecular weight excluding hydrogens is 156 g/mol. The summed E-state index contributed by atoms with van der Waals surface area (Å²) in [5.74, 6) is 0.423. The van der Waals surface area contributed by atoms with Crippen molar-refractivity contribution in [3.05, 3.63) is 22.5 Å². The number of nitrogens with two attached hydrogens (primary N) is 1. The molecule has 5 nitrogen and oxygen atoms in total. The molecule has 0 bridgehead atoms. The van der Waals surface area contributed by atoms with Crippen molar-refractivity contribution in [1.29, 1.82) is 0 Å². The number of nitrogens with zero attached hydrogens (tertiary/aromatic N) is 2. The van der Waals surface area contributed by atoms with Gasteiger partial charge in [0.15, 0.2) is 5.82 Å². The van der Waals surface area contributed by atoms with Crippen molar-refractivity contribution in [2.75, 3.05) is 5.73 Å². The fourth-order valence-corrected chi connectivity index (χ4v) is 1.06. The first-order valence-corrected chi connectivity index (χ1v) is 3.31. The number of hydrogen-bond acceptors (Lipinski definition) is 4. The average Bonchev–Trinajstić information content (AvgIpc) is 2.31. The molecule has 1 aliphatic heterocycles. The van der Waals surface area contributed by atoms with E-state index in [0.717, 1.165) is 0 Å². The molecule has 1 aromatic rings. The monoisotopic (exact) mass is 162 g/mol. The van der Waals surface area contributed by atoms with Crippen LogP contribution in [0.4, 0.5) is 11.8 Å². The zero-order chi connectivity index (χ0) is 8.72. The van der Waals surface area contributed by atoms with Crippen LogP contribution in [0.1, 0.15) is 5.56 Å². The smallest absolute Gasteiger partial charge is 0.262 e. The van der Waals surface area contributed by atoms with E-state index in [2.05, 4.69) is 21.5 Å². The summed E-state index contributed by atoms with van der Waals surface area (Å²) in [4.78, 5) is 21.3. The molecule has 0 aromatic carbocycles. The van der Waals surface area contributed by atoms with E-state index in [9.17, 15) is 4.79 Å². The second-order valence-electron chi connectivity index (χ2n) is 2.43. The van der Waals surface area contributed by atoms with Crippen LogP contribution in [-0.4, -0.2) is 16.2 Å². The molecule has 1 aliphatic rings. The second kappa shape index (κ2) is 2.04. The van der Waals surface area contributed by atoms with Gasteiger partial charge in [-0.1, -0.05) is 6.58 Å². The first-order valence-electron chi connectivity index (χ1n) is 3.31. The Morgan fingerprint density at radius 1 is 1.58 bits per heavy atom. The summed E-state index contributed by atoms with van der Waals surface area (Å²) in [5, 5.41) is 0. The predicted molar refractivity (Wildman–Crippen MR) is 46.5 cm³/mol. The molecule has 0 atom stereocenters. The number of allylic oxidation sites excluding steroid dienone is 1. The molecule has 60 valence electrons. The summed E-state index contributed by atoms with van der Waals surface area (Å²) in [7, 11) is 0. The molecule has 1 aromatic heterocycles. The largest absolute Gasteiger partial charge is 0.369 e. The molecule has 0 saturated heterocycles. The Bertz CT molecular complexity index is 443. The van der Waals surface area contributed by atoms with Gasteiger partial charge in [0.1, 0.15) is 0 Å². The number of anilines is 1. The summed E-state index contributed by atoms with van der Waals surface area (Å²) < 4.78 is 0. The second-order valence-corrected chi connectivity index (χ2v) is 2.43. The van der Waals surface area contributed by atoms with Crippen LogP contribution in [-0.2, 0) is 0 Å². The maximum absolute atomic E-state index is 11.2. The number of aromatic amines is 1. The highest BCUT2D eigenvalue weighted by molar-refractivity contribution is 6.14. The van der Waals surface area contributed by atoms with E-state index in [0.29, 0.717) is 17.0 Å². The third kappa shape index (κ3) is 0.763. The highest BCUT2D eigenvalue weighted by Gasteiger charge is 2.16. The number of hydrogen-bond donors (Lipinski definition) is 2. The standard InChI is InChI=1S/C7H6N4O/c1-3-2-9-5-4(3)6(12)11-7(8)10-5/h2H,1H2,(H3,8,10,11,12). The summed E-state index contributed by atoms with van der Waals surface area (Å²) in [6, 6.07) is 0. The zero-order valence-corrected chi connectivity index (χ0v) is 6.16. The van der Waals surface area contributed by atoms with Gasteiger partial charge >= 0.3 is 0 Å². The SMILES string of the molecule is C=C1C=Nc2nc(N)[nH]c(=O)c21. The Kier molecular flexibility index (Phi) is 1.15. The third-order valence-electron chi connectivity index (χ3n) is 1.58. The first kappa shape index (κ1) is 6.78. The van der Waals surface area contributed by atoms with E-state index >= 15 is 0 Å². The molecule has 0 radical (unpaired) electrons. The van der Waals surface area contributed by atoms with E-state index < -0.39 is 0 Å². The van der Waals surface area contributed by atoms with Gasteiger partial charge < -0.3 is 5.73 Å². The van der Waals surface area contributed by atoms with Gasteiger partial charge in [-0.2, -0.15) is 4.98 Å². The lowest BCUT2D eigenvalue weighted by Crippen LogP contribution is -2.14. The fourth-order valence-electron chi connectivity index (χ4n) is 1.06. The van der Waals surface area contributed by atoms with Crippen molar-refractivity contribution in [2.45, 2.75) is 0 Å². The van der Waals surface area contributed by atoms with Crippen LogP contribution < -0.4 is 11.3 Å². The molecule has 2 heterocycles. The van der Waals surface area contributed by atoms with E-state index in [-0.39, 0.29) is 11.5 Å². The van der Waals surface area contributed by atoms with Gasteiger partial charge in [-0.3, -0.25) is 9.78 Å². The number of aliphatic imine (C=N–C) groups is 1. The molecule has 2 rings (SSSR count). The van der Waals surface area contributed by atoms with E-state index in [4.69, 9.17) is 5.73 Å². The van der Waals surface area contributed by atoms with Crippen LogP contribution in [0.15, 0.2) is 16.4 Å². The van der Waals surface area contributed by atoms with Gasteiger partial charge in [0.25, 0.3) is 5.56 Å². The number of fused-ring (bicyclic) bond motifs is 1. The van der Waals surface area contributed by atoms with Crippen LogP contribution in [0, 0.1) is 0 Å². The van der Waals surface area contributed by atoms with Gasteiger partial charge in [-0.25, -0.2) is 4.99 Å². The average molecular weight is 162 g/mol. The quantitative estimate of drug-likeness (QED) is 0.566. The highest BCUT2D eigenvalue weighted by atomic mass is 16.1. The summed E-state index contributed by atoms with van der Waals surface area (Å²) >= 11 is 0.